The van der Waals surface area contributed by atoms with E-state index in [4.69, 9.17) is 14.8 Å². The summed E-state index contributed by atoms with van der Waals surface area (Å²) in [5.74, 6) is 1.40. The highest BCUT2D eigenvalue weighted by molar-refractivity contribution is 5.79. The molecule has 6 nitrogen and oxygen atoms in total. The van der Waals surface area contributed by atoms with Crippen LogP contribution in [0.1, 0.15) is 79.9 Å². The Labute approximate surface area is 265 Å². The molecular formula is C34H41F6N3O3. The lowest BCUT2D eigenvalue weighted by molar-refractivity contribution is -0.138. The number of hydrogen-bond donors (Lipinski definition) is 1. The molecule has 1 aliphatic heterocycles. The molecule has 252 valence electrons. The number of piperazine rings is 1. The molecule has 5 rings (SSSR count). The van der Waals surface area contributed by atoms with Gasteiger partial charge >= 0.3 is 12.4 Å². The Morgan fingerprint density at radius 2 is 1.63 bits per heavy atom. The second-order valence-electron chi connectivity index (χ2n) is 11.7. The fraction of sp³-hybridized carbons (Fsp3) is 0.529. The number of carbonyl (C=O) groups is 1. The molecule has 0 atom stereocenters. The number of hydrogen-bond acceptors (Lipinski definition) is 5. The molecule has 2 heterocycles. The molecule has 1 saturated heterocycles. The van der Waals surface area contributed by atoms with Crippen LogP contribution in [0.25, 0.3) is 11.0 Å². The number of nitriles is 1. The van der Waals surface area contributed by atoms with Crippen molar-refractivity contribution in [2.24, 2.45) is 5.92 Å². The molecule has 1 aliphatic carbocycles. The summed E-state index contributed by atoms with van der Waals surface area (Å²) in [6, 6.07) is 10.2. The van der Waals surface area contributed by atoms with Crippen LogP contribution in [0.4, 0.5) is 26.3 Å². The van der Waals surface area contributed by atoms with Crippen molar-refractivity contribution in [1.29, 1.82) is 5.26 Å². The largest absolute Gasteiger partial charge is 0.460 e. The zero-order valence-electron chi connectivity index (χ0n) is 26.2. The predicted octanol–water partition coefficient (Wildman–Crippen LogP) is 8.34. The SMILES string of the molecule is CCCC1CCCCC1.Cc1ccc(C#N)c(C(F)(F)F)c1.O=C(CO)N1CCN(Cc2cc3cc(C(F)(F)F)ccc3o2)CC1. The first kappa shape index (κ1) is 36.9. The Balaban J connectivity index is 0.000000218. The van der Waals surface area contributed by atoms with Gasteiger partial charge in [-0.05, 0) is 49.2 Å². The quantitative estimate of drug-likeness (QED) is 0.280. The van der Waals surface area contributed by atoms with E-state index in [9.17, 15) is 31.1 Å². The number of alkyl halides is 6. The third-order valence-electron chi connectivity index (χ3n) is 8.16. The fourth-order valence-electron chi connectivity index (χ4n) is 5.70. The van der Waals surface area contributed by atoms with Gasteiger partial charge in [0.15, 0.2) is 0 Å². The summed E-state index contributed by atoms with van der Waals surface area (Å²) >= 11 is 0. The Hall–Kier alpha value is -3.56. The highest BCUT2D eigenvalue weighted by Crippen LogP contribution is 2.33. The van der Waals surface area contributed by atoms with Crippen LogP contribution in [0.15, 0.2) is 46.9 Å². The van der Waals surface area contributed by atoms with Gasteiger partial charge in [-0.1, -0.05) is 63.5 Å². The number of aryl methyl sites for hydroxylation is 1. The Bertz CT molecular complexity index is 1440. The molecule has 1 aromatic heterocycles. The van der Waals surface area contributed by atoms with Crippen LogP contribution < -0.4 is 0 Å². The normalized spacial score (nSPS) is 16.2. The molecule has 2 aliphatic rings. The van der Waals surface area contributed by atoms with Gasteiger partial charge in [-0.25, -0.2) is 0 Å². The van der Waals surface area contributed by atoms with Crippen molar-refractivity contribution < 1.29 is 40.7 Å². The third kappa shape index (κ3) is 11.1. The van der Waals surface area contributed by atoms with Gasteiger partial charge in [-0.15, -0.1) is 0 Å². The van der Waals surface area contributed by atoms with E-state index in [1.54, 1.807) is 17.9 Å². The maximum atomic E-state index is 12.7. The molecule has 1 amide bonds. The monoisotopic (exact) mass is 653 g/mol. The molecular weight excluding hydrogens is 612 g/mol. The summed E-state index contributed by atoms with van der Waals surface area (Å²) < 4.78 is 80.6. The number of aliphatic hydroxyl groups is 1. The Morgan fingerprint density at radius 1 is 0.957 bits per heavy atom. The predicted molar refractivity (Wildman–Crippen MR) is 163 cm³/mol. The summed E-state index contributed by atoms with van der Waals surface area (Å²) in [7, 11) is 0. The van der Waals surface area contributed by atoms with Crippen molar-refractivity contribution in [2.45, 2.75) is 77.7 Å². The van der Waals surface area contributed by atoms with Gasteiger partial charge in [0, 0.05) is 31.6 Å². The summed E-state index contributed by atoms with van der Waals surface area (Å²) in [5, 5.41) is 17.7. The minimum Gasteiger partial charge on any atom is -0.460 e. The van der Waals surface area contributed by atoms with Crippen LogP contribution in [0.2, 0.25) is 0 Å². The van der Waals surface area contributed by atoms with Crippen LogP contribution in [0.3, 0.4) is 0 Å². The van der Waals surface area contributed by atoms with Gasteiger partial charge in [0.1, 0.15) is 18.0 Å². The number of furan rings is 1. The maximum absolute atomic E-state index is 12.7. The van der Waals surface area contributed by atoms with Gasteiger partial charge < -0.3 is 14.4 Å². The molecule has 0 unspecified atom stereocenters. The average Bonchev–Trinajstić information content (AvgIpc) is 3.43. The van der Waals surface area contributed by atoms with E-state index in [1.807, 2.05) is 0 Å². The fourth-order valence-corrected chi connectivity index (χ4v) is 5.70. The van der Waals surface area contributed by atoms with Crippen LogP contribution in [-0.4, -0.2) is 53.6 Å². The molecule has 3 aromatic rings. The molecule has 46 heavy (non-hydrogen) atoms. The summed E-state index contributed by atoms with van der Waals surface area (Å²) in [6.45, 7) is 6.09. The molecule has 0 spiro atoms. The molecule has 1 saturated carbocycles. The van der Waals surface area contributed by atoms with Crippen LogP contribution in [-0.2, 0) is 23.7 Å². The van der Waals surface area contributed by atoms with Crippen molar-refractivity contribution in [2.75, 3.05) is 32.8 Å². The number of aliphatic hydroxyl groups excluding tert-OH is 1. The van der Waals surface area contributed by atoms with Crippen molar-refractivity contribution >= 4 is 16.9 Å². The lowest BCUT2D eigenvalue weighted by Crippen LogP contribution is -2.49. The van der Waals surface area contributed by atoms with E-state index in [0.29, 0.717) is 55.0 Å². The van der Waals surface area contributed by atoms with Gasteiger partial charge in [-0.2, -0.15) is 31.6 Å². The Morgan fingerprint density at radius 3 is 2.20 bits per heavy atom. The van der Waals surface area contributed by atoms with Crippen molar-refractivity contribution in [3.05, 3.63) is 70.5 Å². The number of nitrogens with zero attached hydrogens (tertiary/aromatic N) is 3. The van der Waals surface area contributed by atoms with Crippen LogP contribution >= 0.6 is 0 Å². The van der Waals surface area contributed by atoms with Gasteiger partial charge in [-0.3, -0.25) is 9.69 Å². The lowest BCUT2D eigenvalue weighted by atomic mass is 9.86. The van der Waals surface area contributed by atoms with Crippen molar-refractivity contribution in [3.8, 4) is 6.07 Å². The minimum atomic E-state index is -4.45. The van der Waals surface area contributed by atoms with E-state index >= 15 is 0 Å². The number of rotatable bonds is 5. The molecule has 2 fully saturated rings. The zero-order chi connectivity index (χ0) is 33.9. The number of benzene rings is 2. The number of amides is 1. The first-order valence-electron chi connectivity index (χ1n) is 15.5. The van der Waals surface area contributed by atoms with Crippen molar-refractivity contribution in [3.63, 3.8) is 0 Å². The lowest BCUT2D eigenvalue weighted by Gasteiger charge is -2.33. The molecule has 12 heteroatoms. The van der Waals surface area contributed by atoms with Gasteiger partial charge in [0.05, 0.1) is 29.3 Å². The molecule has 0 bridgehead atoms. The smallest absolute Gasteiger partial charge is 0.417 e. The minimum absolute atomic E-state index is 0.293. The number of fused-ring (bicyclic) bond motifs is 1. The molecule has 0 radical (unpaired) electrons. The second-order valence-corrected chi connectivity index (χ2v) is 11.7. The summed E-state index contributed by atoms with van der Waals surface area (Å²) in [6.07, 6.45) is 1.61. The van der Waals surface area contributed by atoms with E-state index in [0.717, 1.165) is 24.1 Å². The summed E-state index contributed by atoms with van der Waals surface area (Å²) in [4.78, 5) is 15.1. The first-order valence-corrected chi connectivity index (χ1v) is 15.5. The van der Waals surface area contributed by atoms with Crippen LogP contribution in [0.5, 0.6) is 0 Å². The van der Waals surface area contributed by atoms with Crippen LogP contribution in [0, 0.1) is 24.2 Å². The second kappa shape index (κ2) is 16.8. The number of carbonyl (C=O) groups excluding carboxylic acids is 1. The standard InChI is InChI=1S/C16H17F3N2O3.C9H6F3N.C9H18/c17-16(18,19)12-1-2-14-11(7-12)8-13(24-14)9-20-3-5-21(6-4-20)15(23)10-22;1-6-2-3-7(5-13)8(4-6)9(10,11)12;1-2-6-9-7-4-3-5-8-9/h1-2,7-8,22H,3-6,9-10H2;2-4H,1H3;9H,2-8H2,1H3. The zero-order valence-corrected chi connectivity index (χ0v) is 26.2. The number of halogens is 6. The van der Waals surface area contributed by atoms with E-state index in [2.05, 4.69) is 11.8 Å². The first-order chi connectivity index (χ1) is 21.7. The highest BCUT2D eigenvalue weighted by atomic mass is 19.4. The average molecular weight is 654 g/mol. The topological polar surface area (TPSA) is 80.7 Å². The van der Waals surface area contributed by atoms with Gasteiger partial charge in [0.25, 0.3) is 0 Å². The van der Waals surface area contributed by atoms with Crippen molar-refractivity contribution in [1.82, 2.24) is 9.80 Å². The third-order valence-corrected chi connectivity index (χ3v) is 8.16. The van der Waals surface area contributed by atoms with E-state index < -0.39 is 30.1 Å². The maximum Gasteiger partial charge on any atom is 0.417 e. The van der Waals surface area contributed by atoms with E-state index in [1.165, 1.54) is 69.2 Å². The highest BCUT2D eigenvalue weighted by Gasteiger charge is 2.33. The molecule has 1 N–H and O–H groups in total. The molecule has 2 aromatic carbocycles. The van der Waals surface area contributed by atoms with E-state index in [-0.39, 0.29) is 11.5 Å². The Kier molecular flexibility index (Phi) is 13.5. The van der Waals surface area contributed by atoms with Gasteiger partial charge in [0.2, 0.25) is 5.91 Å². The summed E-state index contributed by atoms with van der Waals surface area (Å²) in [5.41, 5.74) is -0.981.